The maximum absolute atomic E-state index is 6.95. The number of furan rings is 2. The van der Waals surface area contributed by atoms with E-state index >= 15 is 0 Å². The van der Waals surface area contributed by atoms with Crippen molar-refractivity contribution in [1.82, 2.24) is 19.5 Å². The van der Waals surface area contributed by atoms with E-state index in [0.717, 1.165) is 82.8 Å². The molecule has 0 atom stereocenters. The van der Waals surface area contributed by atoms with Crippen molar-refractivity contribution in [2.75, 3.05) is 0 Å². The zero-order valence-corrected chi connectivity index (χ0v) is 33.7. The molecule has 13 aromatic rings. The van der Waals surface area contributed by atoms with Crippen LogP contribution in [0.4, 0.5) is 0 Å². The molecule has 0 amide bonds. The Morgan fingerprint density at radius 1 is 0.317 bits per heavy atom. The van der Waals surface area contributed by atoms with Gasteiger partial charge in [0, 0.05) is 49.1 Å². The van der Waals surface area contributed by atoms with E-state index in [2.05, 4.69) is 150 Å². The number of fused-ring (bicyclic) bond motifs is 9. The fourth-order valence-corrected chi connectivity index (χ4v) is 9.34. The Morgan fingerprint density at radius 3 is 1.63 bits per heavy atom. The van der Waals surface area contributed by atoms with Gasteiger partial charge in [-0.25, -0.2) is 15.0 Å². The van der Waals surface area contributed by atoms with E-state index < -0.39 is 0 Å². The highest BCUT2D eigenvalue weighted by atomic mass is 16.3. The number of aromatic nitrogens is 4. The van der Waals surface area contributed by atoms with Crippen LogP contribution in [-0.4, -0.2) is 19.5 Å². The minimum Gasteiger partial charge on any atom is -0.456 e. The van der Waals surface area contributed by atoms with Gasteiger partial charge >= 0.3 is 0 Å². The molecule has 0 aliphatic rings. The summed E-state index contributed by atoms with van der Waals surface area (Å²) < 4.78 is 15.6. The van der Waals surface area contributed by atoms with Crippen molar-refractivity contribution in [3.8, 4) is 62.1 Å². The van der Waals surface area contributed by atoms with E-state index in [1.165, 1.54) is 21.9 Å². The predicted octanol–water partition coefficient (Wildman–Crippen LogP) is 15.1. The van der Waals surface area contributed by atoms with Gasteiger partial charge in [0.2, 0.25) is 0 Å². The van der Waals surface area contributed by atoms with Crippen molar-refractivity contribution < 1.29 is 8.83 Å². The molecular formula is C57H34N4O2. The van der Waals surface area contributed by atoms with Crippen LogP contribution in [0.15, 0.2) is 215 Å². The van der Waals surface area contributed by atoms with E-state index in [9.17, 15) is 0 Å². The fourth-order valence-electron chi connectivity index (χ4n) is 9.34. The van der Waals surface area contributed by atoms with Crippen molar-refractivity contribution in [2.24, 2.45) is 0 Å². The Morgan fingerprint density at radius 2 is 0.873 bits per heavy atom. The molecule has 0 aliphatic carbocycles. The van der Waals surface area contributed by atoms with Crippen LogP contribution < -0.4 is 0 Å². The van der Waals surface area contributed by atoms with Crippen LogP contribution in [0, 0.1) is 0 Å². The third-order valence-corrected chi connectivity index (χ3v) is 12.2. The van der Waals surface area contributed by atoms with E-state index in [1.54, 1.807) is 0 Å². The zero-order chi connectivity index (χ0) is 41.4. The second-order valence-corrected chi connectivity index (χ2v) is 15.9. The molecule has 6 nitrogen and oxygen atoms in total. The van der Waals surface area contributed by atoms with Gasteiger partial charge in [-0.2, -0.15) is 0 Å². The average Bonchev–Trinajstić information content (AvgIpc) is 4.04. The number of hydrogen-bond donors (Lipinski definition) is 0. The van der Waals surface area contributed by atoms with Crippen LogP contribution in [0.2, 0.25) is 0 Å². The summed E-state index contributed by atoms with van der Waals surface area (Å²) in [5.74, 6) is 1.61. The first-order valence-electron chi connectivity index (χ1n) is 21.1. The maximum Gasteiger partial charge on any atom is 0.167 e. The highest BCUT2D eigenvalue weighted by Crippen LogP contribution is 2.43. The van der Waals surface area contributed by atoms with E-state index in [1.807, 2.05) is 60.7 Å². The number of para-hydroxylation sites is 3. The molecule has 13 rings (SSSR count). The molecule has 6 heteroatoms. The average molecular weight is 807 g/mol. The molecule has 294 valence electrons. The van der Waals surface area contributed by atoms with Gasteiger partial charge in [-0.3, -0.25) is 0 Å². The maximum atomic E-state index is 6.95. The Bertz CT molecular complexity index is 3870. The van der Waals surface area contributed by atoms with Crippen molar-refractivity contribution >= 4 is 65.7 Å². The lowest BCUT2D eigenvalue weighted by molar-refractivity contribution is 0.668. The first-order valence-corrected chi connectivity index (χ1v) is 21.1. The summed E-state index contributed by atoms with van der Waals surface area (Å²) in [6.45, 7) is 0. The molecule has 4 heterocycles. The van der Waals surface area contributed by atoms with Gasteiger partial charge in [0.15, 0.2) is 17.5 Å². The third-order valence-electron chi connectivity index (χ3n) is 12.2. The topological polar surface area (TPSA) is 69.9 Å². The Kier molecular flexibility index (Phi) is 7.80. The molecule has 4 aromatic heterocycles. The monoisotopic (exact) mass is 806 g/mol. The molecule has 0 saturated carbocycles. The van der Waals surface area contributed by atoms with Crippen molar-refractivity contribution in [1.29, 1.82) is 0 Å². The second-order valence-electron chi connectivity index (χ2n) is 15.9. The quantitative estimate of drug-likeness (QED) is 0.167. The number of benzene rings is 9. The van der Waals surface area contributed by atoms with Gasteiger partial charge in [0.05, 0.1) is 16.6 Å². The molecule has 0 fully saturated rings. The molecule has 9 aromatic carbocycles. The summed E-state index contributed by atoms with van der Waals surface area (Å²) in [4.78, 5) is 15.8. The van der Waals surface area contributed by atoms with Crippen molar-refractivity contribution in [3.63, 3.8) is 0 Å². The van der Waals surface area contributed by atoms with Crippen molar-refractivity contribution in [2.45, 2.75) is 0 Å². The molecule has 0 saturated heterocycles. The van der Waals surface area contributed by atoms with Crippen LogP contribution >= 0.6 is 0 Å². The minimum absolute atomic E-state index is 0.506. The number of rotatable bonds is 6. The Labute approximate surface area is 361 Å². The van der Waals surface area contributed by atoms with Crippen LogP contribution in [-0.2, 0) is 0 Å². The van der Waals surface area contributed by atoms with E-state index in [4.69, 9.17) is 23.8 Å². The molecule has 0 bridgehead atoms. The lowest BCUT2D eigenvalue weighted by atomic mass is 9.97. The third kappa shape index (κ3) is 5.69. The Hall–Kier alpha value is -8.61. The summed E-state index contributed by atoms with van der Waals surface area (Å²) in [6, 6.07) is 71.6. The molecular weight excluding hydrogens is 773 g/mol. The van der Waals surface area contributed by atoms with Gasteiger partial charge < -0.3 is 13.4 Å². The van der Waals surface area contributed by atoms with Gasteiger partial charge in [-0.05, 0) is 76.9 Å². The number of nitrogens with zero attached hydrogens (tertiary/aromatic N) is 4. The summed E-state index contributed by atoms with van der Waals surface area (Å²) in [6.07, 6.45) is 0. The summed E-state index contributed by atoms with van der Waals surface area (Å²) in [7, 11) is 0. The summed E-state index contributed by atoms with van der Waals surface area (Å²) >= 11 is 0. The van der Waals surface area contributed by atoms with Gasteiger partial charge in [0.1, 0.15) is 22.3 Å². The second kappa shape index (κ2) is 14.0. The van der Waals surface area contributed by atoms with Gasteiger partial charge in [-0.15, -0.1) is 0 Å². The van der Waals surface area contributed by atoms with Crippen molar-refractivity contribution in [3.05, 3.63) is 206 Å². The standard InChI is InChI=1S/C57H34N4O2/c1-3-15-35(16-4-1)37-19-13-20-38(31-37)39-29-30-51-45(32-39)46-33-40(61-48-25-10-7-21-41(48)42-22-8-11-26-49(42)61)34-47(54(46)63-51)57-59-55(36-17-5-2-6-18-36)58-56(60-57)44-24-14-28-52-53(44)43-23-9-12-27-50(43)62-52/h1-34H. The van der Waals surface area contributed by atoms with E-state index in [-0.39, 0.29) is 0 Å². The van der Waals surface area contributed by atoms with Gasteiger partial charge in [0.25, 0.3) is 0 Å². The highest BCUT2D eigenvalue weighted by Gasteiger charge is 2.23. The molecule has 0 spiro atoms. The lowest BCUT2D eigenvalue weighted by Gasteiger charge is -2.13. The first kappa shape index (κ1) is 35.2. The van der Waals surface area contributed by atoms with Crippen LogP contribution in [0.3, 0.4) is 0 Å². The molecule has 63 heavy (non-hydrogen) atoms. The SMILES string of the molecule is c1ccc(-c2cccc(-c3ccc4oc5c(-c6nc(-c7ccccc7)nc(-c7cccc8oc9ccccc9c78)n6)cc(-n6c7ccccc7c7ccccc76)cc5c4c3)c2)cc1. The fraction of sp³-hybridized carbons (Fsp3) is 0. The lowest BCUT2D eigenvalue weighted by Crippen LogP contribution is -2.02. The summed E-state index contributed by atoms with van der Waals surface area (Å²) in [5, 5.41) is 6.30. The van der Waals surface area contributed by atoms with E-state index in [0.29, 0.717) is 23.1 Å². The highest BCUT2D eigenvalue weighted by molar-refractivity contribution is 6.14. The van der Waals surface area contributed by atoms with Crippen LogP contribution in [0.5, 0.6) is 0 Å². The van der Waals surface area contributed by atoms with Crippen LogP contribution in [0.1, 0.15) is 0 Å². The zero-order valence-electron chi connectivity index (χ0n) is 33.7. The predicted molar refractivity (Wildman–Crippen MR) is 256 cm³/mol. The molecule has 0 N–H and O–H groups in total. The van der Waals surface area contributed by atoms with Gasteiger partial charge in [-0.1, -0.05) is 152 Å². The molecule has 0 unspecified atom stereocenters. The Balaban J connectivity index is 1.10. The largest absolute Gasteiger partial charge is 0.456 e. The first-order chi connectivity index (χ1) is 31.2. The molecule has 0 radical (unpaired) electrons. The van der Waals surface area contributed by atoms with Crippen LogP contribution in [0.25, 0.3) is 128 Å². The normalized spacial score (nSPS) is 11.8. The smallest absolute Gasteiger partial charge is 0.167 e. The molecule has 0 aliphatic heterocycles. The number of hydrogen-bond acceptors (Lipinski definition) is 5. The minimum atomic E-state index is 0.506. The summed E-state index contributed by atoms with van der Waals surface area (Å²) in [5.41, 5.74) is 13.3.